The Morgan fingerprint density at radius 3 is 2.44 bits per heavy atom. The maximum Gasteiger partial charge on any atom is 0.260 e. The second-order valence-electron chi connectivity index (χ2n) is 1.86. The summed E-state index contributed by atoms with van der Waals surface area (Å²) in [5.74, 6) is 0. The Labute approximate surface area is 60.9 Å². The summed E-state index contributed by atoms with van der Waals surface area (Å²) in [7, 11) is 1.54. The molecule has 0 aromatic carbocycles. The summed E-state index contributed by atoms with van der Waals surface area (Å²) in [5, 5.41) is 3.18. The fraction of sp³-hybridized carbons (Fsp3) is 0.500. The summed E-state index contributed by atoms with van der Waals surface area (Å²) in [6, 6.07) is 0. The van der Waals surface area contributed by atoms with Gasteiger partial charge in [-0.05, 0) is 26.1 Å². The quantitative estimate of drug-likeness (QED) is 0.564. The van der Waals surface area contributed by atoms with Crippen LogP contribution in [0.15, 0.2) is 11.8 Å². The first-order valence-corrected chi connectivity index (χ1v) is 3.05. The Morgan fingerprint density at radius 2 is 2.11 bits per heavy atom. The standard InChI is InChI=1S/C6H11NOS/c1-5(2)4-7-6(9)8-3/h4H,1-3H3,(H,7,9). The Balaban J connectivity index is 3.50. The molecule has 0 fully saturated rings. The lowest BCUT2D eigenvalue weighted by molar-refractivity contribution is 0.400. The molecule has 0 aliphatic rings. The first kappa shape index (κ1) is 8.43. The summed E-state index contributed by atoms with van der Waals surface area (Å²) < 4.78 is 4.68. The molecule has 0 radical (unpaired) electrons. The first-order valence-electron chi connectivity index (χ1n) is 2.64. The van der Waals surface area contributed by atoms with E-state index in [4.69, 9.17) is 12.2 Å². The lowest BCUT2D eigenvalue weighted by Crippen LogP contribution is -2.16. The highest BCUT2D eigenvalue weighted by Gasteiger charge is 1.84. The van der Waals surface area contributed by atoms with Crippen LogP contribution in [0.2, 0.25) is 0 Å². The molecule has 0 heterocycles. The highest BCUT2D eigenvalue weighted by atomic mass is 32.1. The zero-order chi connectivity index (χ0) is 7.28. The van der Waals surface area contributed by atoms with Gasteiger partial charge < -0.3 is 10.1 Å². The minimum atomic E-state index is 0.399. The van der Waals surface area contributed by atoms with Crippen molar-refractivity contribution in [1.82, 2.24) is 5.32 Å². The summed E-state index contributed by atoms with van der Waals surface area (Å²) in [6.07, 6.45) is 1.80. The van der Waals surface area contributed by atoms with Gasteiger partial charge >= 0.3 is 0 Å². The van der Waals surface area contributed by atoms with Crippen LogP contribution in [0, 0.1) is 0 Å². The van der Waals surface area contributed by atoms with Gasteiger partial charge in [-0.2, -0.15) is 0 Å². The third kappa shape index (κ3) is 5.30. The van der Waals surface area contributed by atoms with Gasteiger partial charge in [0.2, 0.25) is 0 Å². The molecular weight excluding hydrogens is 134 g/mol. The van der Waals surface area contributed by atoms with Crippen LogP contribution in [-0.2, 0) is 4.74 Å². The van der Waals surface area contributed by atoms with Gasteiger partial charge in [0.1, 0.15) is 0 Å². The van der Waals surface area contributed by atoms with Gasteiger partial charge in [-0.1, -0.05) is 5.57 Å². The van der Waals surface area contributed by atoms with E-state index in [-0.39, 0.29) is 0 Å². The molecule has 0 aromatic rings. The van der Waals surface area contributed by atoms with Crippen molar-refractivity contribution in [3.63, 3.8) is 0 Å². The predicted molar refractivity (Wildman–Crippen MR) is 42.2 cm³/mol. The van der Waals surface area contributed by atoms with E-state index in [0.717, 1.165) is 5.57 Å². The van der Waals surface area contributed by atoms with Crippen LogP contribution < -0.4 is 5.32 Å². The zero-order valence-electron chi connectivity index (χ0n) is 5.89. The van der Waals surface area contributed by atoms with Crippen molar-refractivity contribution in [2.45, 2.75) is 13.8 Å². The summed E-state index contributed by atoms with van der Waals surface area (Å²) in [6.45, 7) is 3.95. The molecule has 2 nitrogen and oxygen atoms in total. The first-order chi connectivity index (χ1) is 4.16. The van der Waals surface area contributed by atoms with Gasteiger partial charge in [0, 0.05) is 6.20 Å². The molecule has 0 rings (SSSR count). The highest BCUT2D eigenvalue weighted by molar-refractivity contribution is 7.80. The number of nitrogens with one attached hydrogen (secondary N) is 1. The van der Waals surface area contributed by atoms with Gasteiger partial charge in [-0.15, -0.1) is 0 Å². The number of ether oxygens (including phenoxy) is 1. The van der Waals surface area contributed by atoms with Crippen LogP contribution >= 0.6 is 12.2 Å². The number of methoxy groups -OCH3 is 1. The molecule has 3 heteroatoms. The van der Waals surface area contributed by atoms with E-state index in [1.165, 1.54) is 7.11 Å². The van der Waals surface area contributed by atoms with Crippen molar-refractivity contribution < 1.29 is 4.74 Å². The molecule has 0 spiro atoms. The molecule has 0 aliphatic heterocycles. The Bertz CT molecular complexity index is 127. The normalized spacial score (nSPS) is 7.89. The van der Waals surface area contributed by atoms with E-state index >= 15 is 0 Å². The largest absolute Gasteiger partial charge is 0.474 e. The fourth-order valence-corrected chi connectivity index (χ4v) is 0.321. The Kier molecular flexibility index (Phi) is 4.05. The topological polar surface area (TPSA) is 21.3 Å². The second-order valence-corrected chi connectivity index (χ2v) is 2.23. The van der Waals surface area contributed by atoms with Crippen molar-refractivity contribution in [2.75, 3.05) is 7.11 Å². The van der Waals surface area contributed by atoms with Crippen molar-refractivity contribution in [1.29, 1.82) is 0 Å². The van der Waals surface area contributed by atoms with Crippen molar-refractivity contribution in [3.05, 3.63) is 11.8 Å². The molecule has 0 saturated carbocycles. The lowest BCUT2D eigenvalue weighted by atomic mass is 10.4. The van der Waals surface area contributed by atoms with E-state index in [9.17, 15) is 0 Å². The molecular formula is C6H11NOS. The van der Waals surface area contributed by atoms with Crippen molar-refractivity contribution in [3.8, 4) is 0 Å². The van der Waals surface area contributed by atoms with Crippen LogP contribution in [0.5, 0.6) is 0 Å². The lowest BCUT2D eigenvalue weighted by Gasteiger charge is -1.99. The average Bonchev–Trinajstić information content (AvgIpc) is 1.83. The minimum Gasteiger partial charge on any atom is -0.474 e. The molecule has 1 N–H and O–H groups in total. The monoisotopic (exact) mass is 145 g/mol. The van der Waals surface area contributed by atoms with Crippen LogP contribution in [0.3, 0.4) is 0 Å². The summed E-state index contributed by atoms with van der Waals surface area (Å²) in [5.41, 5.74) is 1.16. The van der Waals surface area contributed by atoms with Crippen LogP contribution in [0.4, 0.5) is 0 Å². The Morgan fingerprint density at radius 1 is 1.56 bits per heavy atom. The highest BCUT2D eigenvalue weighted by Crippen LogP contribution is 1.84. The zero-order valence-corrected chi connectivity index (χ0v) is 6.71. The average molecular weight is 145 g/mol. The number of hydrogen-bond acceptors (Lipinski definition) is 2. The van der Waals surface area contributed by atoms with Gasteiger partial charge in [0.05, 0.1) is 7.11 Å². The van der Waals surface area contributed by atoms with Crippen LogP contribution in [0.25, 0.3) is 0 Å². The predicted octanol–water partition coefficient (Wildman–Crippen LogP) is 1.43. The molecule has 52 valence electrons. The SMILES string of the molecule is COC(=S)NC=C(C)C. The van der Waals surface area contributed by atoms with E-state index in [2.05, 4.69) is 10.1 Å². The molecule has 0 saturated heterocycles. The maximum atomic E-state index is 4.70. The summed E-state index contributed by atoms with van der Waals surface area (Å²) >= 11 is 4.70. The smallest absolute Gasteiger partial charge is 0.260 e. The van der Waals surface area contributed by atoms with E-state index in [1.807, 2.05) is 13.8 Å². The van der Waals surface area contributed by atoms with Crippen molar-refractivity contribution >= 4 is 17.4 Å². The summed E-state index contributed by atoms with van der Waals surface area (Å²) in [4.78, 5) is 0. The van der Waals surface area contributed by atoms with Crippen LogP contribution in [-0.4, -0.2) is 12.3 Å². The van der Waals surface area contributed by atoms with Gasteiger partial charge in [-0.3, -0.25) is 0 Å². The molecule has 9 heavy (non-hydrogen) atoms. The van der Waals surface area contributed by atoms with E-state index in [0.29, 0.717) is 5.17 Å². The maximum absolute atomic E-state index is 4.70. The minimum absolute atomic E-state index is 0.399. The van der Waals surface area contributed by atoms with Gasteiger partial charge in [-0.25, -0.2) is 0 Å². The molecule has 0 aliphatic carbocycles. The molecule has 0 unspecified atom stereocenters. The molecule has 0 atom stereocenters. The van der Waals surface area contributed by atoms with E-state index < -0.39 is 0 Å². The van der Waals surface area contributed by atoms with Gasteiger partial charge in [0.15, 0.2) is 0 Å². The van der Waals surface area contributed by atoms with E-state index in [1.54, 1.807) is 6.20 Å². The third-order valence-electron chi connectivity index (χ3n) is 0.664. The molecule has 0 amide bonds. The third-order valence-corrected chi connectivity index (χ3v) is 0.949. The van der Waals surface area contributed by atoms with Crippen LogP contribution in [0.1, 0.15) is 13.8 Å². The Hall–Kier alpha value is -0.570. The molecule has 0 aromatic heterocycles. The van der Waals surface area contributed by atoms with Gasteiger partial charge in [0.25, 0.3) is 5.17 Å². The molecule has 0 bridgehead atoms. The number of hydrogen-bond donors (Lipinski definition) is 1. The van der Waals surface area contributed by atoms with Crippen molar-refractivity contribution in [2.24, 2.45) is 0 Å². The number of allylic oxidation sites excluding steroid dienone is 1. The second kappa shape index (κ2) is 4.32. The number of rotatable bonds is 1. The fourth-order valence-electron chi connectivity index (χ4n) is 0.262. The number of thiocarbonyl (C=S) groups is 1.